The largest absolute Gasteiger partial charge is 0.461 e. The molecule has 0 spiro atoms. The Hall–Kier alpha value is -0.850. The lowest BCUT2D eigenvalue weighted by Crippen LogP contribution is -2.55. The molecule has 0 bridgehead atoms. The Bertz CT molecular complexity index is 795. The van der Waals surface area contributed by atoms with Crippen molar-refractivity contribution >= 4 is 21.9 Å². The first kappa shape index (κ1) is 25.2. The summed E-state index contributed by atoms with van der Waals surface area (Å²) in [5, 5.41) is 11.4. The van der Waals surface area contributed by atoms with Crippen molar-refractivity contribution in [3.05, 3.63) is 24.0 Å². The van der Waals surface area contributed by atoms with Crippen LogP contribution >= 0.6 is 15.9 Å². The van der Waals surface area contributed by atoms with Gasteiger partial charge < -0.3 is 14.7 Å². The zero-order chi connectivity index (χ0) is 24.0. The van der Waals surface area contributed by atoms with Crippen molar-refractivity contribution in [1.82, 2.24) is 0 Å². The van der Waals surface area contributed by atoms with Crippen LogP contribution in [-0.2, 0) is 19.3 Å². The van der Waals surface area contributed by atoms with Gasteiger partial charge in [-0.3, -0.25) is 4.79 Å². The van der Waals surface area contributed by atoms with Crippen LogP contribution in [0.25, 0.3) is 0 Å². The first-order chi connectivity index (χ1) is 15.6. The lowest BCUT2D eigenvalue weighted by molar-refractivity contribution is -0.301. The molecule has 0 aromatic heterocycles. The van der Waals surface area contributed by atoms with Gasteiger partial charge in [-0.2, -0.15) is 4.89 Å². The number of halogens is 1. The number of esters is 1. The summed E-state index contributed by atoms with van der Waals surface area (Å²) in [7, 11) is 0. The molecule has 6 heteroatoms. The fourth-order valence-electron chi connectivity index (χ4n) is 7.52. The number of hydrogen-bond acceptors (Lipinski definition) is 5. The first-order valence-electron chi connectivity index (χ1n) is 12.9. The van der Waals surface area contributed by atoms with Gasteiger partial charge in [0.25, 0.3) is 0 Å². The van der Waals surface area contributed by atoms with E-state index < -0.39 is 6.10 Å². The highest BCUT2D eigenvalue weighted by Crippen LogP contribution is 2.66. The summed E-state index contributed by atoms with van der Waals surface area (Å²) in [6.45, 7) is 12.5. The molecule has 0 aromatic rings. The molecule has 0 saturated heterocycles. The molecule has 186 valence electrons. The second-order valence-electron chi connectivity index (χ2n) is 11.3. The number of carbonyl (C=O) groups excluding carboxylic acids is 1. The van der Waals surface area contributed by atoms with Crippen LogP contribution in [0.2, 0.25) is 0 Å². The topological polar surface area (TPSA) is 65.0 Å². The van der Waals surface area contributed by atoms with Gasteiger partial charge in [-0.05, 0) is 68.1 Å². The third kappa shape index (κ3) is 4.45. The van der Waals surface area contributed by atoms with E-state index in [0.717, 1.165) is 51.4 Å². The summed E-state index contributed by atoms with van der Waals surface area (Å²) in [6.07, 6.45) is 9.52. The molecule has 4 aliphatic rings. The third-order valence-electron chi connectivity index (χ3n) is 9.36. The molecule has 3 saturated carbocycles. The minimum absolute atomic E-state index is 0.00627. The van der Waals surface area contributed by atoms with E-state index in [1.165, 1.54) is 5.57 Å². The molecule has 5 nitrogen and oxygen atoms in total. The summed E-state index contributed by atoms with van der Waals surface area (Å²) < 4.78 is 5.95. The highest BCUT2D eigenvalue weighted by atomic mass is 79.9. The minimum atomic E-state index is -0.474. The standard InChI is InChI=1S/C27H41BrO5/c1-6-8-16(3)32-33-18-9-11-26(4)17(13-18)14-22(29)24-19(26)10-12-27(5)20(24)15-21(28)25(27)31-23(30)7-2/h14,18-22,24-25,29H,3,6-13,15H2,1-2,4-5H3/t18-,19?,20?,21+,22-,24?,25?,26-,27-/m0/s1. The number of allylic oxidation sites excluding steroid dienone is 1. The molecule has 4 aliphatic carbocycles. The average Bonchev–Trinajstić information content (AvgIpc) is 3.03. The van der Waals surface area contributed by atoms with E-state index in [-0.39, 0.29) is 39.8 Å². The zero-order valence-corrected chi connectivity index (χ0v) is 22.2. The average molecular weight is 526 g/mol. The summed E-state index contributed by atoms with van der Waals surface area (Å²) in [6, 6.07) is 0. The number of carbonyl (C=O) groups is 1. The van der Waals surface area contributed by atoms with Gasteiger partial charge in [0.15, 0.2) is 0 Å². The molecule has 4 unspecified atom stereocenters. The van der Waals surface area contributed by atoms with Gasteiger partial charge in [0, 0.05) is 18.3 Å². The highest BCUT2D eigenvalue weighted by molar-refractivity contribution is 9.09. The third-order valence-corrected chi connectivity index (χ3v) is 10.2. The number of aliphatic hydroxyl groups is 1. The van der Waals surface area contributed by atoms with E-state index >= 15 is 0 Å². The van der Waals surface area contributed by atoms with Gasteiger partial charge in [-0.25, -0.2) is 0 Å². The quantitative estimate of drug-likeness (QED) is 0.106. The zero-order valence-electron chi connectivity index (χ0n) is 20.6. The predicted molar refractivity (Wildman–Crippen MR) is 131 cm³/mol. The summed E-state index contributed by atoms with van der Waals surface area (Å²) in [5.74, 6) is 1.51. The van der Waals surface area contributed by atoms with E-state index in [2.05, 4.69) is 49.4 Å². The van der Waals surface area contributed by atoms with Crippen molar-refractivity contribution in [1.29, 1.82) is 0 Å². The maximum absolute atomic E-state index is 12.1. The van der Waals surface area contributed by atoms with Crippen molar-refractivity contribution in [2.75, 3.05) is 0 Å². The Morgan fingerprint density at radius 3 is 2.70 bits per heavy atom. The van der Waals surface area contributed by atoms with Gasteiger partial charge in [-0.1, -0.05) is 61.9 Å². The Morgan fingerprint density at radius 2 is 2.00 bits per heavy atom. The molecule has 0 heterocycles. The second-order valence-corrected chi connectivity index (χ2v) is 12.5. The van der Waals surface area contributed by atoms with Crippen molar-refractivity contribution < 1.29 is 24.4 Å². The van der Waals surface area contributed by atoms with Crippen LogP contribution in [0.5, 0.6) is 0 Å². The number of hydrogen-bond donors (Lipinski definition) is 1. The number of fused-ring (bicyclic) bond motifs is 5. The predicted octanol–water partition coefficient (Wildman–Crippen LogP) is 6.25. The van der Waals surface area contributed by atoms with Crippen LogP contribution in [0.4, 0.5) is 0 Å². The van der Waals surface area contributed by atoms with Gasteiger partial charge in [0.1, 0.15) is 18.0 Å². The number of aliphatic hydroxyl groups excluding tert-OH is 1. The highest BCUT2D eigenvalue weighted by Gasteiger charge is 2.63. The Balaban J connectivity index is 1.52. The SMILES string of the molecule is C=C(CCC)OO[C@H]1CC[C@@]2(C)C(=C[C@H](O)C3C4C[C@@H](Br)C(OC(=O)CC)[C@@]4(C)CCC32)C1. The van der Waals surface area contributed by atoms with Gasteiger partial charge in [0.2, 0.25) is 0 Å². The second kappa shape index (κ2) is 9.66. The molecule has 0 aromatic carbocycles. The van der Waals surface area contributed by atoms with Crippen molar-refractivity contribution in [3.63, 3.8) is 0 Å². The number of ether oxygens (including phenoxy) is 1. The maximum Gasteiger partial charge on any atom is 0.305 e. The van der Waals surface area contributed by atoms with Gasteiger partial charge >= 0.3 is 5.97 Å². The summed E-state index contributed by atoms with van der Waals surface area (Å²) in [4.78, 5) is 23.5. The minimum Gasteiger partial charge on any atom is -0.461 e. The molecular formula is C27H41BrO5. The fourth-order valence-corrected chi connectivity index (χ4v) is 8.63. The van der Waals surface area contributed by atoms with Crippen LogP contribution in [0.3, 0.4) is 0 Å². The van der Waals surface area contributed by atoms with Crippen molar-refractivity contribution in [2.45, 2.75) is 109 Å². The molecule has 0 aliphatic heterocycles. The molecular weight excluding hydrogens is 484 g/mol. The lowest BCUT2D eigenvalue weighted by Gasteiger charge is -2.58. The van der Waals surface area contributed by atoms with E-state index in [1.54, 1.807) is 0 Å². The van der Waals surface area contributed by atoms with Gasteiger partial charge in [0.05, 0.1) is 10.9 Å². The van der Waals surface area contributed by atoms with E-state index in [9.17, 15) is 9.90 Å². The van der Waals surface area contributed by atoms with Crippen LogP contribution < -0.4 is 0 Å². The summed E-state index contributed by atoms with van der Waals surface area (Å²) >= 11 is 3.84. The van der Waals surface area contributed by atoms with Crippen molar-refractivity contribution in [2.24, 2.45) is 28.6 Å². The monoisotopic (exact) mass is 524 g/mol. The molecule has 1 N–H and O–H groups in total. The molecule has 4 rings (SSSR count). The van der Waals surface area contributed by atoms with Crippen LogP contribution in [-0.4, -0.2) is 34.2 Å². The molecule has 0 amide bonds. The number of rotatable bonds is 7. The molecule has 9 atom stereocenters. The Kier molecular flexibility index (Phi) is 7.39. The van der Waals surface area contributed by atoms with Gasteiger partial charge in [-0.15, -0.1) is 0 Å². The Labute approximate surface area is 207 Å². The van der Waals surface area contributed by atoms with E-state index in [1.807, 2.05) is 6.92 Å². The maximum atomic E-state index is 12.1. The molecule has 33 heavy (non-hydrogen) atoms. The normalized spacial score (nSPS) is 44.2. The lowest BCUT2D eigenvalue weighted by atomic mass is 9.47. The van der Waals surface area contributed by atoms with Crippen LogP contribution in [0.15, 0.2) is 24.0 Å². The number of alkyl halides is 1. The van der Waals surface area contributed by atoms with E-state index in [0.29, 0.717) is 24.0 Å². The fraction of sp³-hybridized carbons (Fsp3) is 0.815. The van der Waals surface area contributed by atoms with Crippen LogP contribution in [0.1, 0.15) is 85.5 Å². The smallest absolute Gasteiger partial charge is 0.305 e. The molecule has 3 fully saturated rings. The van der Waals surface area contributed by atoms with E-state index in [4.69, 9.17) is 14.5 Å². The Morgan fingerprint density at radius 1 is 1.24 bits per heavy atom. The van der Waals surface area contributed by atoms with Crippen molar-refractivity contribution in [3.8, 4) is 0 Å². The first-order valence-corrected chi connectivity index (χ1v) is 13.8. The van der Waals surface area contributed by atoms with Crippen LogP contribution in [0, 0.1) is 28.6 Å². The summed E-state index contributed by atoms with van der Waals surface area (Å²) in [5.41, 5.74) is 1.30. The molecule has 0 radical (unpaired) electrons.